The Morgan fingerprint density at radius 1 is 0.877 bits per heavy atom. The van der Waals surface area contributed by atoms with Crippen molar-refractivity contribution in [2.75, 3.05) is 36.4 Å². The number of fused-ring (bicyclic) bond motifs is 2. The molecule has 16 heteroatoms. The molecule has 4 fully saturated rings. The standard InChI is InChI=1S/C41H47N9O6S/c1-26-24-29(11-12-30(26)43-39-42-25-27-10-15-35(52)49(37(27)45-39)28-6-3-4-7-28)57(55,56)48-22-18-41(19-23-48)16-20-47(21-17-41)31-8-5-9-32-36(31)46(2)40(54)50(32)33-13-14-34(51)44-38(33)53/h5,8-12,15,24-25,28,33H,3-4,6-7,13-14,16-23H2,1-2H3,(H,42,43,45)(H,44,51,53). The maximum absolute atomic E-state index is 14.0. The molecule has 0 radical (unpaired) electrons. The van der Waals surface area contributed by atoms with Gasteiger partial charge in [0.25, 0.3) is 5.56 Å². The minimum absolute atomic E-state index is 0.0211. The maximum Gasteiger partial charge on any atom is 0.329 e. The number of aryl methyl sites for hydroxylation is 2. The lowest BCUT2D eigenvalue weighted by atomic mass is 9.71. The van der Waals surface area contributed by atoms with Gasteiger partial charge in [-0.25, -0.2) is 18.2 Å². The fraction of sp³-hybridized carbons (Fsp3) is 0.463. The highest BCUT2D eigenvalue weighted by Gasteiger charge is 2.41. The van der Waals surface area contributed by atoms with Crippen molar-refractivity contribution >= 4 is 61.2 Å². The largest absolute Gasteiger partial charge is 0.370 e. The van der Waals surface area contributed by atoms with Crippen LogP contribution >= 0.6 is 0 Å². The fourth-order valence-electron chi connectivity index (χ4n) is 9.65. The molecule has 1 spiro atoms. The summed E-state index contributed by atoms with van der Waals surface area (Å²) in [4.78, 5) is 62.7. The van der Waals surface area contributed by atoms with Gasteiger partial charge < -0.3 is 10.2 Å². The molecule has 4 aliphatic rings. The predicted octanol–water partition coefficient (Wildman–Crippen LogP) is 4.66. The van der Waals surface area contributed by atoms with E-state index >= 15 is 0 Å². The Bertz CT molecular complexity index is 2660. The summed E-state index contributed by atoms with van der Waals surface area (Å²) in [5.74, 6) is -0.433. The van der Waals surface area contributed by atoms with Gasteiger partial charge in [-0.05, 0) is 99.2 Å². The first kappa shape index (κ1) is 37.2. The molecule has 2 aromatic carbocycles. The Morgan fingerprint density at radius 3 is 2.33 bits per heavy atom. The van der Waals surface area contributed by atoms with Crippen molar-refractivity contribution in [1.29, 1.82) is 0 Å². The van der Waals surface area contributed by atoms with E-state index in [1.807, 2.05) is 25.1 Å². The van der Waals surface area contributed by atoms with Crippen molar-refractivity contribution < 1.29 is 18.0 Å². The van der Waals surface area contributed by atoms with E-state index in [0.717, 1.165) is 86.6 Å². The Morgan fingerprint density at radius 2 is 1.61 bits per heavy atom. The van der Waals surface area contributed by atoms with Gasteiger partial charge in [0.2, 0.25) is 27.8 Å². The van der Waals surface area contributed by atoms with E-state index in [2.05, 4.69) is 20.5 Å². The van der Waals surface area contributed by atoms with Gasteiger partial charge in [0.1, 0.15) is 11.7 Å². The van der Waals surface area contributed by atoms with Crippen LogP contribution in [0.5, 0.6) is 0 Å². The third-order valence-corrected chi connectivity index (χ3v) is 14.9. The van der Waals surface area contributed by atoms with E-state index in [1.165, 1.54) is 4.57 Å². The summed E-state index contributed by atoms with van der Waals surface area (Å²) in [6.07, 6.45) is 9.57. The molecule has 3 aromatic heterocycles. The summed E-state index contributed by atoms with van der Waals surface area (Å²) < 4.78 is 34.4. The van der Waals surface area contributed by atoms with Crippen LogP contribution in [0.2, 0.25) is 0 Å². The molecule has 2 amide bonds. The number of anilines is 3. The van der Waals surface area contributed by atoms with Crippen LogP contribution in [0, 0.1) is 12.3 Å². The molecule has 3 aliphatic heterocycles. The lowest BCUT2D eigenvalue weighted by molar-refractivity contribution is -0.135. The van der Waals surface area contributed by atoms with Gasteiger partial charge in [0, 0.05) is 69.0 Å². The molecule has 1 unspecified atom stereocenters. The van der Waals surface area contributed by atoms with Crippen LogP contribution in [0.25, 0.3) is 22.1 Å². The van der Waals surface area contributed by atoms with E-state index < -0.39 is 22.0 Å². The van der Waals surface area contributed by atoms with Crippen LogP contribution < -0.4 is 26.8 Å². The van der Waals surface area contributed by atoms with E-state index in [9.17, 15) is 27.6 Å². The van der Waals surface area contributed by atoms with Crippen LogP contribution in [0.15, 0.2) is 69.2 Å². The number of piperidine rings is 3. The normalized spacial score (nSPS) is 20.8. The molecule has 1 aliphatic carbocycles. The van der Waals surface area contributed by atoms with Gasteiger partial charge in [-0.15, -0.1) is 0 Å². The number of para-hydroxylation sites is 1. The Labute approximate surface area is 329 Å². The minimum atomic E-state index is -3.74. The number of sulfonamides is 1. The van der Waals surface area contributed by atoms with E-state index in [0.29, 0.717) is 35.9 Å². The van der Waals surface area contributed by atoms with Crippen molar-refractivity contribution in [2.45, 2.75) is 88.1 Å². The summed E-state index contributed by atoms with van der Waals surface area (Å²) in [6.45, 7) is 4.26. The van der Waals surface area contributed by atoms with Gasteiger partial charge in [0.15, 0.2) is 0 Å². The van der Waals surface area contributed by atoms with Crippen molar-refractivity contribution in [1.82, 2.24) is 33.3 Å². The Balaban J connectivity index is 0.864. The van der Waals surface area contributed by atoms with E-state index in [4.69, 9.17) is 4.98 Å². The van der Waals surface area contributed by atoms with Crippen LogP contribution in [-0.2, 0) is 26.7 Å². The molecule has 3 saturated heterocycles. The molecule has 6 heterocycles. The van der Waals surface area contributed by atoms with Crippen molar-refractivity contribution in [3.63, 3.8) is 0 Å². The first-order valence-corrected chi connectivity index (χ1v) is 21.4. The second-order valence-electron chi connectivity index (χ2n) is 16.3. The number of amides is 2. The predicted molar refractivity (Wildman–Crippen MR) is 216 cm³/mol. The second-order valence-corrected chi connectivity index (χ2v) is 18.2. The highest BCUT2D eigenvalue weighted by Crippen LogP contribution is 2.44. The average molecular weight is 794 g/mol. The number of pyridine rings is 1. The molecule has 57 heavy (non-hydrogen) atoms. The lowest BCUT2D eigenvalue weighted by Crippen LogP contribution is -2.48. The molecule has 9 rings (SSSR count). The van der Waals surface area contributed by atoms with E-state index in [-0.39, 0.29) is 46.4 Å². The number of benzene rings is 2. The molecule has 0 bridgehead atoms. The number of carbonyl (C=O) groups is 2. The highest BCUT2D eigenvalue weighted by molar-refractivity contribution is 7.89. The zero-order chi connectivity index (χ0) is 39.6. The fourth-order valence-corrected chi connectivity index (χ4v) is 11.2. The molecule has 1 atom stereocenters. The number of nitrogens with zero attached hydrogens (tertiary/aromatic N) is 7. The summed E-state index contributed by atoms with van der Waals surface area (Å²) >= 11 is 0. The number of carbonyl (C=O) groups excluding carboxylic acids is 2. The topological polar surface area (TPSA) is 174 Å². The van der Waals surface area contributed by atoms with Crippen LogP contribution in [0.1, 0.15) is 81.9 Å². The average Bonchev–Trinajstić information content (AvgIpc) is 3.82. The SMILES string of the molecule is Cc1cc(S(=O)(=O)N2CCC3(CCN(c4cccc5c4n(C)c(=O)n5C4CCC(=O)NC4=O)CC3)CC2)ccc1Nc1ncc2ccc(=O)n(C3CCCC3)c2n1. The number of hydrogen-bond donors (Lipinski definition) is 2. The highest BCUT2D eigenvalue weighted by atomic mass is 32.2. The van der Waals surface area contributed by atoms with E-state index in [1.54, 1.807) is 57.0 Å². The second kappa shape index (κ2) is 14.2. The zero-order valence-corrected chi connectivity index (χ0v) is 33.1. The van der Waals surface area contributed by atoms with Crippen molar-refractivity contribution in [2.24, 2.45) is 12.5 Å². The first-order chi connectivity index (χ1) is 27.4. The summed E-state index contributed by atoms with van der Waals surface area (Å²) in [5, 5.41) is 6.42. The summed E-state index contributed by atoms with van der Waals surface area (Å²) in [5.41, 5.74) is 4.04. The summed E-state index contributed by atoms with van der Waals surface area (Å²) in [7, 11) is -2.01. The van der Waals surface area contributed by atoms with Crippen LogP contribution in [-0.4, -0.2) is 74.4 Å². The van der Waals surface area contributed by atoms with Crippen molar-refractivity contribution in [3.05, 3.63) is 81.1 Å². The molecule has 15 nitrogen and oxygen atoms in total. The monoisotopic (exact) mass is 793 g/mol. The van der Waals surface area contributed by atoms with Gasteiger partial charge >= 0.3 is 5.69 Å². The number of imidazole rings is 1. The third kappa shape index (κ3) is 6.51. The molecule has 2 N–H and O–H groups in total. The number of imide groups is 1. The Hall–Kier alpha value is -5.35. The quantitative estimate of drug-likeness (QED) is 0.221. The number of rotatable bonds is 7. The zero-order valence-electron chi connectivity index (χ0n) is 32.2. The summed E-state index contributed by atoms with van der Waals surface area (Å²) in [6, 6.07) is 13.6. The van der Waals surface area contributed by atoms with Gasteiger partial charge in [-0.3, -0.25) is 33.4 Å². The molecular formula is C41H47N9O6S. The van der Waals surface area contributed by atoms with Crippen LogP contribution in [0.4, 0.5) is 17.3 Å². The third-order valence-electron chi connectivity index (χ3n) is 13.0. The van der Waals surface area contributed by atoms with Crippen molar-refractivity contribution in [3.8, 4) is 0 Å². The molecule has 5 aromatic rings. The number of nitrogens with one attached hydrogen (secondary N) is 2. The number of hydrogen-bond acceptors (Lipinski definition) is 10. The molecule has 298 valence electrons. The lowest BCUT2D eigenvalue weighted by Gasteiger charge is -2.47. The Kier molecular flexibility index (Phi) is 9.30. The minimum Gasteiger partial charge on any atom is -0.370 e. The number of aromatic nitrogens is 5. The molecule has 1 saturated carbocycles. The van der Waals surface area contributed by atoms with Gasteiger partial charge in [-0.2, -0.15) is 9.29 Å². The first-order valence-electron chi connectivity index (χ1n) is 20.0. The van der Waals surface area contributed by atoms with Crippen LogP contribution in [0.3, 0.4) is 0 Å². The van der Waals surface area contributed by atoms with Gasteiger partial charge in [0.05, 0.1) is 21.6 Å². The smallest absolute Gasteiger partial charge is 0.329 e. The molecular weight excluding hydrogens is 747 g/mol. The maximum atomic E-state index is 14.0. The van der Waals surface area contributed by atoms with Gasteiger partial charge in [-0.1, -0.05) is 18.9 Å².